The Labute approximate surface area is 108 Å². The van der Waals surface area contributed by atoms with E-state index in [2.05, 4.69) is 21.2 Å². The minimum Gasteiger partial charge on any atom is -0.327 e. The molecule has 0 radical (unpaired) electrons. The van der Waals surface area contributed by atoms with Crippen LogP contribution in [0.3, 0.4) is 0 Å². The molecule has 1 saturated carbocycles. The Kier molecular flexibility index (Phi) is 3.79. The molecule has 92 valence electrons. The molecule has 0 spiro atoms. The molecule has 3 N–H and O–H groups in total. The molecule has 1 fully saturated rings. The van der Waals surface area contributed by atoms with Crippen molar-refractivity contribution in [1.82, 2.24) is 0 Å². The Morgan fingerprint density at radius 3 is 2.82 bits per heavy atom. The van der Waals surface area contributed by atoms with Crippen molar-refractivity contribution in [3.8, 4) is 0 Å². The van der Waals surface area contributed by atoms with Gasteiger partial charge in [0.2, 0.25) is 5.91 Å². The van der Waals surface area contributed by atoms with Gasteiger partial charge in [0.05, 0.1) is 11.6 Å². The predicted molar refractivity (Wildman–Crippen MR) is 68.0 cm³/mol. The molecule has 5 heteroatoms. The van der Waals surface area contributed by atoms with Gasteiger partial charge in [-0.2, -0.15) is 0 Å². The molecule has 0 saturated heterocycles. The SMILES string of the molecule is NC1CCCC1C(=O)Nc1ccc(F)cc1Br. The third-order valence-corrected chi connectivity index (χ3v) is 3.75. The van der Waals surface area contributed by atoms with Crippen LogP contribution >= 0.6 is 15.9 Å². The lowest BCUT2D eigenvalue weighted by molar-refractivity contribution is -0.120. The number of benzene rings is 1. The van der Waals surface area contributed by atoms with Crippen molar-refractivity contribution in [2.45, 2.75) is 25.3 Å². The van der Waals surface area contributed by atoms with Crippen molar-refractivity contribution < 1.29 is 9.18 Å². The summed E-state index contributed by atoms with van der Waals surface area (Å²) in [4.78, 5) is 12.0. The van der Waals surface area contributed by atoms with Crippen molar-refractivity contribution in [1.29, 1.82) is 0 Å². The average Bonchev–Trinajstić information content (AvgIpc) is 2.68. The summed E-state index contributed by atoms with van der Waals surface area (Å²) < 4.78 is 13.4. The lowest BCUT2D eigenvalue weighted by Gasteiger charge is -2.15. The Balaban J connectivity index is 2.07. The van der Waals surface area contributed by atoms with Gasteiger partial charge in [-0.25, -0.2) is 4.39 Å². The van der Waals surface area contributed by atoms with Gasteiger partial charge in [-0.15, -0.1) is 0 Å². The molecule has 0 bridgehead atoms. The lowest BCUT2D eigenvalue weighted by Crippen LogP contribution is -2.34. The predicted octanol–water partition coefficient (Wildman–Crippen LogP) is 2.65. The van der Waals surface area contributed by atoms with Gasteiger partial charge in [-0.3, -0.25) is 4.79 Å². The Morgan fingerprint density at radius 1 is 1.47 bits per heavy atom. The highest BCUT2D eigenvalue weighted by Gasteiger charge is 2.30. The topological polar surface area (TPSA) is 55.1 Å². The van der Waals surface area contributed by atoms with Gasteiger partial charge in [0.1, 0.15) is 5.82 Å². The van der Waals surface area contributed by atoms with Crippen molar-refractivity contribution in [3.63, 3.8) is 0 Å². The Morgan fingerprint density at radius 2 is 2.24 bits per heavy atom. The summed E-state index contributed by atoms with van der Waals surface area (Å²) in [6, 6.07) is 4.12. The molecule has 0 aromatic heterocycles. The number of nitrogens with two attached hydrogens (primary N) is 1. The van der Waals surface area contributed by atoms with Gasteiger partial charge in [0.25, 0.3) is 0 Å². The summed E-state index contributed by atoms with van der Waals surface area (Å²) in [5, 5.41) is 2.78. The second-order valence-corrected chi connectivity index (χ2v) is 5.17. The zero-order valence-electron chi connectivity index (χ0n) is 9.25. The van der Waals surface area contributed by atoms with E-state index in [1.807, 2.05) is 0 Å². The zero-order chi connectivity index (χ0) is 12.4. The van der Waals surface area contributed by atoms with E-state index in [1.54, 1.807) is 0 Å². The van der Waals surface area contributed by atoms with E-state index in [4.69, 9.17) is 5.73 Å². The fourth-order valence-electron chi connectivity index (χ4n) is 2.13. The summed E-state index contributed by atoms with van der Waals surface area (Å²) in [6.45, 7) is 0. The van der Waals surface area contributed by atoms with Gasteiger partial charge < -0.3 is 11.1 Å². The molecular formula is C12H14BrFN2O. The monoisotopic (exact) mass is 300 g/mol. The standard InChI is InChI=1S/C12H14BrFN2O/c13-9-6-7(14)4-5-11(9)16-12(17)8-2-1-3-10(8)15/h4-6,8,10H,1-3,15H2,(H,16,17). The maximum atomic E-state index is 12.9. The van der Waals surface area contributed by atoms with Gasteiger partial charge in [-0.1, -0.05) is 6.42 Å². The van der Waals surface area contributed by atoms with Crippen LogP contribution in [0.2, 0.25) is 0 Å². The van der Waals surface area contributed by atoms with E-state index < -0.39 is 0 Å². The van der Waals surface area contributed by atoms with Crippen LogP contribution in [0.25, 0.3) is 0 Å². The molecule has 2 atom stereocenters. The zero-order valence-corrected chi connectivity index (χ0v) is 10.8. The van der Waals surface area contributed by atoms with E-state index in [0.717, 1.165) is 19.3 Å². The third-order valence-electron chi connectivity index (χ3n) is 3.10. The van der Waals surface area contributed by atoms with Crippen LogP contribution in [-0.4, -0.2) is 11.9 Å². The summed E-state index contributed by atoms with van der Waals surface area (Å²) in [7, 11) is 0. The van der Waals surface area contributed by atoms with Crippen molar-refractivity contribution >= 4 is 27.5 Å². The molecule has 2 unspecified atom stereocenters. The van der Waals surface area contributed by atoms with Gasteiger partial charge in [0.15, 0.2) is 0 Å². The first kappa shape index (κ1) is 12.5. The van der Waals surface area contributed by atoms with Crippen LogP contribution in [0.15, 0.2) is 22.7 Å². The minimum atomic E-state index is -0.340. The third kappa shape index (κ3) is 2.84. The molecule has 1 aromatic carbocycles. The van der Waals surface area contributed by atoms with Crippen molar-refractivity contribution in [2.24, 2.45) is 11.7 Å². The number of hydrogen-bond acceptors (Lipinski definition) is 2. The van der Waals surface area contributed by atoms with Crippen molar-refractivity contribution in [2.75, 3.05) is 5.32 Å². The van der Waals surface area contributed by atoms with Crippen LogP contribution in [0.1, 0.15) is 19.3 Å². The molecule has 2 rings (SSSR count). The molecule has 1 aromatic rings. The molecule has 1 amide bonds. The van der Waals surface area contributed by atoms with E-state index in [9.17, 15) is 9.18 Å². The normalized spacial score (nSPS) is 23.7. The summed E-state index contributed by atoms with van der Waals surface area (Å²) in [6.07, 6.45) is 2.71. The first-order chi connectivity index (χ1) is 8.08. The van der Waals surface area contributed by atoms with Crippen LogP contribution in [-0.2, 0) is 4.79 Å². The summed E-state index contributed by atoms with van der Waals surface area (Å²) >= 11 is 3.21. The van der Waals surface area contributed by atoms with Crippen molar-refractivity contribution in [3.05, 3.63) is 28.5 Å². The van der Waals surface area contributed by atoms with E-state index in [-0.39, 0.29) is 23.7 Å². The number of carbonyl (C=O) groups excluding carboxylic acids is 1. The van der Waals surface area contributed by atoms with Crippen LogP contribution in [0, 0.1) is 11.7 Å². The molecular weight excluding hydrogens is 287 g/mol. The molecule has 1 aliphatic carbocycles. The number of carbonyl (C=O) groups is 1. The number of hydrogen-bond donors (Lipinski definition) is 2. The smallest absolute Gasteiger partial charge is 0.229 e. The number of amides is 1. The number of anilines is 1. The van der Waals surface area contributed by atoms with Gasteiger partial charge >= 0.3 is 0 Å². The molecule has 0 aliphatic heterocycles. The summed E-state index contributed by atoms with van der Waals surface area (Å²) in [5.74, 6) is -0.554. The Bertz CT molecular complexity index is 439. The highest BCUT2D eigenvalue weighted by Crippen LogP contribution is 2.28. The molecule has 0 heterocycles. The average molecular weight is 301 g/mol. The van der Waals surface area contributed by atoms with Gasteiger partial charge in [-0.05, 0) is 47.0 Å². The first-order valence-corrected chi connectivity index (χ1v) is 6.38. The number of rotatable bonds is 2. The summed E-state index contributed by atoms with van der Waals surface area (Å²) in [5.41, 5.74) is 6.44. The van der Waals surface area contributed by atoms with Crippen LogP contribution < -0.4 is 11.1 Å². The minimum absolute atomic E-state index is 0.0609. The van der Waals surface area contributed by atoms with E-state index >= 15 is 0 Å². The number of halogens is 2. The second-order valence-electron chi connectivity index (χ2n) is 4.31. The highest BCUT2D eigenvalue weighted by atomic mass is 79.9. The number of nitrogens with one attached hydrogen (secondary N) is 1. The van der Waals surface area contributed by atoms with E-state index in [0.29, 0.717) is 10.2 Å². The highest BCUT2D eigenvalue weighted by molar-refractivity contribution is 9.10. The van der Waals surface area contributed by atoms with E-state index in [1.165, 1.54) is 18.2 Å². The first-order valence-electron chi connectivity index (χ1n) is 5.59. The van der Waals surface area contributed by atoms with Gasteiger partial charge in [0, 0.05) is 10.5 Å². The Hall–Kier alpha value is -0.940. The molecule has 3 nitrogen and oxygen atoms in total. The quantitative estimate of drug-likeness (QED) is 0.882. The molecule has 17 heavy (non-hydrogen) atoms. The fraction of sp³-hybridized carbons (Fsp3) is 0.417. The molecule has 1 aliphatic rings. The lowest BCUT2D eigenvalue weighted by atomic mass is 10.0. The maximum Gasteiger partial charge on any atom is 0.229 e. The maximum absolute atomic E-state index is 12.9. The largest absolute Gasteiger partial charge is 0.327 e. The van der Waals surface area contributed by atoms with Crippen LogP contribution in [0.5, 0.6) is 0 Å². The van der Waals surface area contributed by atoms with Crippen LogP contribution in [0.4, 0.5) is 10.1 Å². The fourth-order valence-corrected chi connectivity index (χ4v) is 2.58. The second kappa shape index (κ2) is 5.14.